The number of nitrogens with zero attached hydrogens (tertiary/aromatic N) is 2. The molecule has 0 atom stereocenters. The van der Waals surface area contributed by atoms with Crippen LogP contribution in [-0.2, 0) is 11.3 Å². The lowest BCUT2D eigenvalue weighted by Gasteiger charge is -2.23. The van der Waals surface area contributed by atoms with Crippen molar-refractivity contribution in [3.63, 3.8) is 0 Å². The summed E-state index contributed by atoms with van der Waals surface area (Å²) in [6.07, 6.45) is 1.77. The number of rotatable bonds is 8. The summed E-state index contributed by atoms with van der Waals surface area (Å²) in [4.78, 5) is 40.4. The third-order valence-corrected chi connectivity index (χ3v) is 5.78. The monoisotopic (exact) mass is 425 g/mol. The smallest absolute Gasteiger partial charge is 0.355 e. The van der Waals surface area contributed by atoms with E-state index >= 15 is 0 Å². The van der Waals surface area contributed by atoms with Crippen LogP contribution < -0.4 is 5.32 Å². The minimum Gasteiger partial charge on any atom is -0.461 e. The van der Waals surface area contributed by atoms with Crippen LogP contribution in [0.25, 0.3) is 0 Å². The number of para-hydroxylation sites is 1. The van der Waals surface area contributed by atoms with Gasteiger partial charge < -0.3 is 19.5 Å². The Kier molecular flexibility index (Phi) is 6.83. The normalized spacial score (nSPS) is 13.1. The Hall–Kier alpha value is -3.09. The number of hydrogen-bond acceptors (Lipinski definition) is 4. The largest absolute Gasteiger partial charge is 0.461 e. The minimum absolute atomic E-state index is 0.0277. The molecule has 0 radical (unpaired) electrons. The van der Waals surface area contributed by atoms with Gasteiger partial charge in [-0.2, -0.15) is 0 Å². The van der Waals surface area contributed by atoms with Crippen LogP contribution in [0.2, 0.25) is 0 Å². The zero-order chi connectivity index (χ0) is 22.7. The molecule has 1 aromatic carbocycles. The molecular formula is C24H31N3O4. The third kappa shape index (κ3) is 4.65. The molecule has 2 aromatic rings. The summed E-state index contributed by atoms with van der Waals surface area (Å²) in [5.41, 5.74) is 3.94. The molecule has 1 aromatic heterocycles. The second-order valence-electron chi connectivity index (χ2n) is 7.93. The van der Waals surface area contributed by atoms with Gasteiger partial charge >= 0.3 is 12.0 Å². The fourth-order valence-corrected chi connectivity index (χ4v) is 4.05. The second kappa shape index (κ2) is 9.37. The molecule has 1 heterocycles. The van der Waals surface area contributed by atoms with Gasteiger partial charge in [-0.05, 0) is 64.7 Å². The van der Waals surface area contributed by atoms with E-state index in [1.807, 2.05) is 49.6 Å². The quantitative estimate of drug-likeness (QED) is 0.499. The zero-order valence-corrected chi connectivity index (χ0v) is 18.9. The van der Waals surface area contributed by atoms with Crippen LogP contribution in [0.1, 0.15) is 64.4 Å². The molecular weight excluding hydrogens is 394 g/mol. The number of ether oxygens (including phenoxy) is 1. The number of aryl methyl sites for hydroxylation is 1. The van der Waals surface area contributed by atoms with E-state index in [0.717, 1.165) is 29.8 Å². The number of anilines is 1. The van der Waals surface area contributed by atoms with Crippen molar-refractivity contribution < 1.29 is 19.1 Å². The summed E-state index contributed by atoms with van der Waals surface area (Å²) in [6, 6.07) is 7.35. The molecule has 0 bridgehead atoms. The average Bonchev–Trinajstić information content (AvgIpc) is 3.53. The Morgan fingerprint density at radius 2 is 1.81 bits per heavy atom. The summed E-state index contributed by atoms with van der Waals surface area (Å²) in [5, 5.41) is 2.94. The van der Waals surface area contributed by atoms with Crippen LogP contribution in [0.3, 0.4) is 0 Å². The Labute approximate surface area is 183 Å². The number of carbonyl (C=O) groups excluding carboxylic acids is 3. The first-order valence-electron chi connectivity index (χ1n) is 10.8. The van der Waals surface area contributed by atoms with Crippen LogP contribution >= 0.6 is 0 Å². The van der Waals surface area contributed by atoms with Crippen molar-refractivity contribution in [1.82, 2.24) is 9.47 Å². The van der Waals surface area contributed by atoms with E-state index in [2.05, 4.69) is 5.32 Å². The van der Waals surface area contributed by atoms with Gasteiger partial charge in [0, 0.05) is 29.5 Å². The number of hydrogen-bond donors (Lipinski definition) is 1. The predicted molar refractivity (Wildman–Crippen MR) is 120 cm³/mol. The predicted octanol–water partition coefficient (Wildman–Crippen LogP) is 4.49. The van der Waals surface area contributed by atoms with Crippen molar-refractivity contribution in [2.45, 2.75) is 60.0 Å². The molecule has 7 nitrogen and oxygen atoms in total. The average molecular weight is 426 g/mol. The summed E-state index contributed by atoms with van der Waals surface area (Å²) >= 11 is 0. The van der Waals surface area contributed by atoms with Crippen molar-refractivity contribution in [2.24, 2.45) is 0 Å². The van der Waals surface area contributed by atoms with Crippen LogP contribution in [0.4, 0.5) is 10.5 Å². The van der Waals surface area contributed by atoms with E-state index in [4.69, 9.17) is 4.74 Å². The van der Waals surface area contributed by atoms with Gasteiger partial charge in [-0.15, -0.1) is 0 Å². The molecule has 2 amide bonds. The van der Waals surface area contributed by atoms with Gasteiger partial charge in [-0.25, -0.2) is 9.59 Å². The number of urea groups is 1. The first-order chi connectivity index (χ1) is 14.8. The van der Waals surface area contributed by atoms with E-state index in [1.54, 1.807) is 18.7 Å². The molecule has 31 heavy (non-hydrogen) atoms. The Morgan fingerprint density at radius 1 is 1.13 bits per heavy atom. The number of Topliss-reactive ketones (excluding diaryl/α,β-unsaturated/α-hetero) is 1. The molecule has 3 rings (SSSR count). The topological polar surface area (TPSA) is 80.6 Å². The molecule has 1 aliphatic carbocycles. The van der Waals surface area contributed by atoms with Crippen LogP contribution in [-0.4, -0.2) is 46.4 Å². The lowest BCUT2D eigenvalue weighted by atomic mass is 10.1. The molecule has 7 heteroatoms. The highest BCUT2D eigenvalue weighted by molar-refractivity contribution is 6.05. The van der Waals surface area contributed by atoms with E-state index in [-0.39, 0.29) is 31.0 Å². The van der Waals surface area contributed by atoms with Crippen LogP contribution in [0.5, 0.6) is 0 Å². The minimum atomic E-state index is -0.430. The highest BCUT2D eigenvalue weighted by Gasteiger charge is 2.36. The van der Waals surface area contributed by atoms with Crippen molar-refractivity contribution in [1.29, 1.82) is 0 Å². The Balaban J connectivity index is 1.86. The number of aromatic nitrogens is 1. The van der Waals surface area contributed by atoms with Gasteiger partial charge in [0.05, 0.1) is 13.2 Å². The van der Waals surface area contributed by atoms with E-state index < -0.39 is 5.97 Å². The van der Waals surface area contributed by atoms with E-state index in [1.165, 1.54) is 0 Å². The van der Waals surface area contributed by atoms with Gasteiger partial charge in [0.25, 0.3) is 0 Å². The van der Waals surface area contributed by atoms with Crippen LogP contribution in [0.15, 0.2) is 24.3 Å². The van der Waals surface area contributed by atoms with E-state index in [9.17, 15) is 14.4 Å². The van der Waals surface area contributed by atoms with Crippen LogP contribution in [0, 0.1) is 20.8 Å². The fourth-order valence-electron chi connectivity index (χ4n) is 4.05. The number of ketones is 1. The van der Waals surface area contributed by atoms with Gasteiger partial charge in [0.1, 0.15) is 5.69 Å². The first-order valence-corrected chi connectivity index (χ1v) is 10.8. The van der Waals surface area contributed by atoms with Crippen molar-refractivity contribution in [3.8, 4) is 0 Å². The molecule has 0 spiro atoms. The molecule has 0 unspecified atom stereocenters. The number of amides is 2. The summed E-state index contributed by atoms with van der Waals surface area (Å²) in [6.45, 7) is 10.0. The SMILES string of the molecule is CCOC(=O)c1c(C)c(C(=O)CN(C(=O)Nc2ccccc2C)C2CC2)c(C)n1CC. The van der Waals surface area contributed by atoms with Crippen molar-refractivity contribution in [3.05, 3.63) is 52.3 Å². The molecule has 1 N–H and O–H groups in total. The number of carbonyl (C=O) groups is 3. The Morgan fingerprint density at radius 3 is 2.39 bits per heavy atom. The lowest BCUT2D eigenvalue weighted by Crippen LogP contribution is -2.40. The molecule has 0 saturated heterocycles. The van der Waals surface area contributed by atoms with Crippen molar-refractivity contribution >= 4 is 23.5 Å². The second-order valence-corrected chi connectivity index (χ2v) is 7.93. The molecule has 0 aliphatic heterocycles. The maximum atomic E-state index is 13.3. The Bertz CT molecular complexity index is 1000. The molecule has 1 fully saturated rings. The number of esters is 1. The summed E-state index contributed by atoms with van der Waals surface area (Å²) in [7, 11) is 0. The number of nitrogens with one attached hydrogen (secondary N) is 1. The molecule has 166 valence electrons. The summed E-state index contributed by atoms with van der Waals surface area (Å²) in [5.74, 6) is -0.597. The molecule has 1 aliphatic rings. The zero-order valence-electron chi connectivity index (χ0n) is 18.9. The number of benzene rings is 1. The van der Waals surface area contributed by atoms with Gasteiger partial charge in [0.2, 0.25) is 0 Å². The van der Waals surface area contributed by atoms with E-state index in [0.29, 0.717) is 23.4 Å². The van der Waals surface area contributed by atoms with Gasteiger partial charge in [-0.1, -0.05) is 18.2 Å². The third-order valence-electron chi connectivity index (χ3n) is 5.78. The maximum Gasteiger partial charge on any atom is 0.355 e. The van der Waals surface area contributed by atoms with Gasteiger partial charge in [0.15, 0.2) is 5.78 Å². The summed E-state index contributed by atoms with van der Waals surface area (Å²) < 4.78 is 7.01. The maximum absolute atomic E-state index is 13.3. The molecule has 1 saturated carbocycles. The van der Waals surface area contributed by atoms with Gasteiger partial charge in [-0.3, -0.25) is 4.79 Å². The van der Waals surface area contributed by atoms with Crippen molar-refractivity contribution in [2.75, 3.05) is 18.5 Å². The lowest BCUT2D eigenvalue weighted by molar-refractivity contribution is 0.0512. The highest BCUT2D eigenvalue weighted by Crippen LogP contribution is 2.30. The fraction of sp³-hybridized carbons (Fsp3) is 0.458. The highest BCUT2D eigenvalue weighted by atomic mass is 16.5. The standard InChI is InChI=1S/C24H31N3O4/c1-6-26-17(5)21(16(4)22(26)23(29)31-7-2)20(28)14-27(18-12-13-18)24(30)25-19-11-9-8-10-15(19)3/h8-11,18H,6-7,12-14H2,1-5H3,(H,25,30). The first kappa shape index (κ1) is 22.6.